The lowest BCUT2D eigenvalue weighted by atomic mass is 10.0. The molecule has 0 radical (unpaired) electrons. The van der Waals surface area contributed by atoms with Crippen molar-refractivity contribution in [1.29, 1.82) is 31.6 Å². The van der Waals surface area contributed by atoms with Gasteiger partial charge in [-0.05, 0) is 50.1 Å². The fraction of sp³-hybridized carbons (Fsp3) is 0.0571. The quantitative estimate of drug-likeness (QED) is 0.0338. The molecule has 6 N–H and O–H groups in total. The maximum atomic E-state index is 11.4. The smallest absolute Gasteiger partial charge is 0.270 e. The second kappa shape index (κ2) is 35.7. The molecule has 6 aromatic heterocycles. The van der Waals surface area contributed by atoms with Crippen molar-refractivity contribution in [2.24, 2.45) is 0 Å². The number of aromatic nitrogens is 12. The van der Waals surface area contributed by atoms with E-state index in [1.807, 2.05) is 160 Å². The van der Waals surface area contributed by atoms with Crippen LogP contribution >= 0.6 is 27.7 Å². The van der Waals surface area contributed by atoms with Gasteiger partial charge in [-0.25, -0.2) is 29.9 Å². The van der Waals surface area contributed by atoms with E-state index in [0.29, 0.717) is 33.5 Å². The Morgan fingerprint density at radius 3 is 1.28 bits per heavy atom. The molecule has 6 heterocycles. The van der Waals surface area contributed by atoms with Crippen LogP contribution in [0.2, 0.25) is 0 Å². The van der Waals surface area contributed by atoms with E-state index in [0.717, 1.165) is 61.1 Å². The van der Waals surface area contributed by atoms with Gasteiger partial charge in [0.1, 0.15) is 69.8 Å². The number of thioether (sulfide) groups is 1. The maximum Gasteiger partial charge on any atom is 0.270 e. The van der Waals surface area contributed by atoms with Crippen molar-refractivity contribution >= 4 is 33.4 Å². The topological polar surface area (TPSA) is 460 Å². The summed E-state index contributed by atoms with van der Waals surface area (Å²) in [6, 6.07) is 56.3. The Morgan fingerprint density at radius 2 is 0.848 bits per heavy atom. The van der Waals surface area contributed by atoms with Crippen molar-refractivity contribution < 1.29 is 4.92 Å². The number of nitro benzene ring substituents is 1. The van der Waals surface area contributed by atoms with Crippen LogP contribution in [0.3, 0.4) is 0 Å². The van der Waals surface area contributed by atoms with E-state index in [1.165, 1.54) is 61.5 Å². The molecule has 0 aliphatic carbocycles. The zero-order valence-electron chi connectivity index (χ0n) is 52.0. The normalized spacial score (nSPS) is 9.76. The molecular formula is C70H48BrN19O8S. The first-order valence-corrected chi connectivity index (χ1v) is 30.4. The Balaban J connectivity index is 0.000000167. The predicted molar refractivity (Wildman–Crippen MR) is 369 cm³/mol. The van der Waals surface area contributed by atoms with Gasteiger partial charge in [-0.3, -0.25) is 38.9 Å². The largest absolute Gasteiger partial charge is 0.312 e. The number of halogens is 1. The number of benzene rings is 6. The van der Waals surface area contributed by atoms with E-state index in [4.69, 9.17) is 31.6 Å². The molecule has 0 spiro atoms. The van der Waals surface area contributed by atoms with Crippen LogP contribution in [0.25, 0.3) is 56.3 Å². The molecule has 12 aromatic rings. The first-order chi connectivity index (χ1) is 47.8. The van der Waals surface area contributed by atoms with Gasteiger partial charge in [0.15, 0.2) is 5.16 Å². The second-order valence-corrected chi connectivity index (χ2v) is 21.9. The molecule has 29 heteroatoms. The molecule has 0 unspecified atom stereocenters. The summed E-state index contributed by atoms with van der Waals surface area (Å²) in [5.41, 5.74) is 6.90. The van der Waals surface area contributed by atoms with Gasteiger partial charge in [-0.1, -0.05) is 160 Å². The Bertz CT molecular complexity index is 5450. The number of nitrogens with zero attached hydrogens (tertiary/aromatic N) is 13. The lowest BCUT2D eigenvalue weighted by Gasteiger charge is -2.04. The van der Waals surface area contributed by atoms with E-state index in [9.17, 15) is 38.9 Å². The van der Waals surface area contributed by atoms with Gasteiger partial charge in [0.25, 0.3) is 39.0 Å². The van der Waals surface area contributed by atoms with Gasteiger partial charge in [0.2, 0.25) is 0 Å². The van der Waals surface area contributed by atoms with Gasteiger partial charge >= 0.3 is 0 Å². The molecule has 6 aromatic carbocycles. The number of aromatic amines is 6. The molecule has 99 heavy (non-hydrogen) atoms. The van der Waals surface area contributed by atoms with Gasteiger partial charge in [0, 0.05) is 50.2 Å². The monoisotopic (exact) mass is 1390 g/mol. The third-order valence-electron chi connectivity index (χ3n) is 13.4. The third kappa shape index (κ3) is 19.7. The lowest BCUT2D eigenvalue weighted by molar-refractivity contribution is -0.384. The summed E-state index contributed by atoms with van der Waals surface area (Å²) >= 11 is 4.75. The zero-order chi connectivity index (χ0) is 71.4. The summed E-state index contributed by atoms with van der Waals surface area (Å²) in [5.74, 6) is 0.732. The van der Waals surface area contributed by atoms with Crippen molar-refractivity contribution in [3.05, 3.63) is 322 Å². The molecule has 0 fully saturated rings. The highest BCUT2D eigenvalue weighted by Gasteiger charge is 2.16. The highest BCUT2D eigenvalue weighted by Crippen LogP contribution is 2.26. The van der Waals surface area contributed by atoms with Crippen molar-refractivity contribution in [3.8, 4) is 92.7 Å². The summed E-state index contributed by atoms with van der Waals surface area (Å²) in [4.78, 5) is 117. The highest BCUT2D eigenvalue weighted by molar-refractivity contribution is 9.10. The van der Waals surface area contributed by atoms with Crippen molar-refractivity contribution in [3.63, 3.8) is 0 Å². The minimum absolute atomic E-state index is 0.0322. The fourth-order valence-corrected chi connectivity index (χ4v) is 9.62. The molecule has 0 aliphatic heterocycles. The minimum atomic E-state index is -0.575. The van der Waals surface area contributed by atoms with E-state index >= 15 is 0 Å². The van der Waals surface area contributed by atoms with E-state index in [2.05, 4.69) is 75.7 Å². The number of hydrogen-bond donors (Lipinski definition) is 6. The number of nitrogens with one attached hydrogen (secondary N) is 6. The number of H-pyrrole nitrogens is 6. The summed E-state index contributed by atoms with van der Waals surface area (Å²) in [6.07, 6.45) is 7.66. The van der Waals surface area contributed by atoms with Crippen molar-refractivity contribution in [1.82, 2.24) is 59.8 Å². The van der Waals surface area contributed by atoms with Crippen LogP contribution in [0.1, 0.15) is 55.6 Å². The van der Waals surface area contributed by atoms with Gasteiger partial charge in [0.05, 0.1) is 71.2 Å². The van der Waals surface area contributed by atoms with Crippen LogP contribution in [-0.2, 0) is 5.75 Å². The lowest BCUT2D eigenvalue weighted by Crippen LogP contribution is -2.12. The molecule has 0 amide bonds. The number of nitro groups is 1. The fourth-order valence-electron chi connectivity index (χ4n) is 8.57. The molecule has 0 saturated carbocycles. The Labute approximate surface area is 572 Å². The van der Waals surface area contributed by atoms with Crippen LogP contribution in [-0.4, -0.2) is 64.7 Å². The molecular weight excluding hydrogens is 1350 g/mol. The molecule has 0 aliphatic rings. The average Bonchev–Trinajstić information content (AvgIpc) is 0.892. The summed E-state index contributed by atoms with van der Waals surface area (Å²) < 4.78 is 0.930. The van der Waals surface area contributed by atoms with E-state index in [1.54, 1.807) is 30.3 Å². The average molecular weight is 1400 g/mol. The molecule has 12 rings (SSSR count). The third-order valence-corrected chi connectivity index (χ3v) is 14.9. The second-order valence-electron chi connectivity index (χ2n) is 20.0. The van der Waals surface area contributed by atoms with Crippen LogP contribution in [0, 0.1) is 98.9 Å². The summed E-state index contributed by atoms with van der Waals surface area (Å²) in [7, 11) is 0. The first-order valence-electron chi connectivity index (χ1n) is 28.6. The minimum Gasteiger partial charge on any atom is -0.312 e. The van der Waals surface area contributed by atoms with Gasteiger partial charge < -0.3 is 29.9 Å². The number of nitriles is 6. The van der Waals surface area contributed by atoms with Crippen molar-refractivity contribution in [2.75, 3.05) is 0 Å². The van der Waals surface area contributed by atoms with Gasteiger partial charge in [-0.15, -0.1) is 0 Å². The summed E-state index contributed by atoms with van der Waals surface area (Å²) in [5, 5.41) is 64.3. The van der Waals surface area contributed by atoms with Crippen LogP contribution in [0.15, 0.2) is 228 Å². The predicted octanol–water partition coefficient (Wildman–Crippen LogP) is 10.1. The summed E-state index contributed by atoms with van der Waals surface area (Å²) in [6.45, 7) is 5.84. The van der Waals surface area contributed by atoms with E-state index < -0.39 is 38.3 Å². The van der Waals surface area contributed by atoms with Crippen LogP contribution < -0.4 is 33.4 Å². The molecule has 27 nitrogen and oxygen atoms in total. The number of non-ortho nitro benzene ring substituents is 1. The zero-order valence-corrected chi connectivity index (χ0v) is 54.4. The van der Waals surface area contributed by atoms with Crippen LogP contribution in [0.5, 0.6) is 0 Å². The Kier molecular flexibility index (Phi) is 26.0. The molecule has 484 valence electrons. The maximum absolute atomic E-state index is 11.4. The highest BCUT2D eigenvalue weighted by atomic mass is 79.9. The SMILES string of the molecule is Cc1ccc(-c2nc[nH]c(=O)c2C#N)cc1.Cc1cccc(-c2nc[nH]c(=O)c2C#N)c1.Cc1ccccc1-c1nc[nH]c(=O)c1C#N.N#Cc1c(-c2ccc(Br)cc2)nc[nH]c1=O.N#Cc1c(-c2cccc([N+](=O)[O-])c2)nc[nH]c1=O.N#Cc1cnc(SCc2ccccc2)[nH]c1=O. The number of rotatable bonds is 9. The molecule has 0 bridgehead atoms. The first kappa shape index (κ1) is 72.2. The number of aryl methyl sites for hydroxylation is 3. The standard InChI is InChI=1S/C12H9N3OS.3C12H9N3O.C11H6BrN3O.C11H6N4O3/c13-6-10-7-14-12(15-11(10)16)17-8-9-4-2-1-3-5-9;1-8-2-4-9(5-3-8)11-10(6-13)12(16)15-7-14-11;1-8-3-2-4-9(5-8)11-10(6-13)12(16)15-7-14-11;1-8-4-2-3-5-9(8)11-10(6-13)12(16)15-7-14-11;12-8-3-1-7(2-4-8)10-9(5-13)11(16)15-6-14-10;12-5-9-10(13-6-14-11(9)16)7-2-1-3-8(4-7)15(17)18/h1-5,7H,8H2,(H,14,15,16);3*2-5,7H,1H3,(H,14,15,16);1-4,6H,(H,14,15,16);1-4,6H,(H,13,14,16). The van der Waals surface area contributed by atoms with Crippen LogP contribution in [0.4, 0.5) is 5.69 Å². The molecule has 0 atom stereocenters. The van der Waals surface area contributed by atoms with Crippen molar-refractivity contribution in [2.45, 2.75) is 31.7 Å². The van der Waals surface area contributed by atoms with Gasteiger partial charge in [-0.2, -0.15) is 31.6 Å². The van der Waals surface area contributed by atoms with E-state index in [-0.39, 0.29) is 44.8 Å². The molecule has 0 saturated heterocycles. The Hall–Kier alpha value is -14.2. The Morgan fingerprint density at radius 1 is 0.434 bits per heavy atom. The number of hydrogen-bond acceptors (Lipinski definition) is 21.